The van der Waals surface area contributed by atoms with Gasteiger partial charge in [0.15, 0.2) is 28.8 Å². The number of hydrogen-bond acceptors (Lipinski definition) is 10. The van der Waals surface area contributed by atoms with Crippen LogP contribution >= 0.6 is 0 Å². The molecule has 1 aliphatic heterocycles. The minimum absolute atomic E-state index is 0.00335. The molecule has 0 saturated carbocycles. The number of benzene rings is 1. The smallest absolute Gasteiger partial charge is 0.358 e. The lowest BCUT2D eigenvalue weighted by Crippen LogP contribution is -2.25. The topological polar surface area (TPSA) is 114 Å². The Morgan fingerprint density at radius 2 is 1.98 bits per heavy atom. The van der Waals surface area contributed by atoms with Crippen LogP contribution in [0.3, 0.4) is 0 Å². The minimum atomic E-state index is -0.620. The third kappa shape index (κ3) is 5.63. The number of esters is 1. The van der Waals surface area contributed by atoms with Gasteiger partial charge in [0.2, 0.25) is 0 Å². The third-order valence-corrected chi connectivity index (χ3v) is 6.21. The van der Waals surface area contributed by atoms with Gasteiger partial charge in [-0.25, -0.2) is 28.5 Å². The van der Waals surface area contributed by atoms with E-state index in [4.69, 9.17) is 9.47 Å². The van der Waals surface area contributed by atoms with Crippen LogP contribution in [0.4, 0.5) is 21.7 Å². The predicted molar refractivity (Wildman–Crippen MR) is 151 cm³/mol. The maximum absolute atomic E-state index is 14.8. The molecule has 0 saturated heterocycles. The minimum Gasteiger partial charge on any atom is -0.497 e. The van der Waals surface area contributed by atoms with Gasteiger partial charge in [-0.15, -0.1) is 5.10 Å². The fourth-order valence-corrected chi connectivity index (χ4v) is 4.30. The van der Waals surface area contributed by atoms with E-state index in [1.165, 1.54) is 21.8 Å². The standard InChI is InChI=1S/C29H26FN7O4/c1-4-41-29(39)24-15-32-28-23(35(2)16-19-8-10-21(40-3)11-9-19)14-26(34-37(24)28)33-22-13-20(30)17-36(25(22)18-38)27-7-5-6-12-31-27/h5-15,17H,4,16H2,1-3H3,(H,33,34). The monoisotopic (exact) mass is 555 g/mol. The van der Waals surface area contributed by atoms with E-state index < -0.39 is 11.8 Å². The number of fused-ring (bicyclic) bond motifs is 1. The van der Waals surface area contributed by atoms with E-state index in [9.17, 15) is 14.0 Å². The zero-order chi connectivity index (χ0) is 28.9. The molecule has 0 amide bonds. The summed E-state index contributed by atoms with van der Waals surface area (Å²) in [6.45, 7) is 2.36. The lowest BCUT2D eigenvalue weighted by Gasteiger charge is -2.26. The van der Waals surface area contributed by atoms with Gasteiger partial charge in [0.1, 0.15) is 17.4 Å². The van der Waals surface area contributed by atoms with E-state index in [0.717, 1.165) is 23.6 Å². The van der Waals surface area contributed by atoms with Crippen LogP contribution in [0.25, 0.3) is 5.65 Å². The third-order valence-electron chi connectivity index (χ3n) is 6.21. The van der Waals surface area contributed by atoms with Crippen molar-refractivity contribution in [2.75, 3.05) is 35.9 Å². The average Bonchev–Trinajstić information content (AvgIpc) is 3.41. The largest absolute Gasteiger partial charge is 0.497 e. The second-order valence-corrected chi connectivity index (χ2v) is 8.92. The Kier molecular flexibility index (Phi) is 7.75. The van der Waals surface area contributed by atoms with Crippen molar-refractivity contribution in [1.82, 2.24) is 19.6 Å². The van der Waals surface area contributed by atoms with Crippen LogP contribution in [0.5, 0.6) is 5.75 Å². The van der Waals surface area contributed by atoms with Gasteiger partial charge in [0.25, 0.3) is 0 Å². The second kappa shape index (κ2) is 11.7. The number of anilines is 3. The average molecular weight is 556 g/mol. The molecule has 11 nitrogen and oxygen atoms in total. The van der Waals surface area contributed by atoms with Crippen molar-refractivity contribution in [3.63, 3.8) is 0 Å². The molecule has 0 fully saturated rings. The van der Waals surface area contributed by atoms with Crippen LogP contribution in [-0.4, -0.2) is 52.3 Å². The summed E-state index contributed by atoms with van der Waals surface area (Å²) in [6, 6.07) is 14.4. The summed E-state index contributed by atoms with van der Waals surface area (Å²) in [4.78, 5) is 36.6. The Labute approximate surface area is 234 Å². The van der Waals surface area contributed by atoms with E-state index in [-0.39, 0.29) is 29.5 Å². The van der Waals surface area contributed by atoms with Gasteiger partial charge in [-0.05, 0) is 36.8 Å². The summed E-state index contributed by atoms with van der Waals surface area (Å²) in [5.74, 6) is 1.93. The number of aromatic nitrogens is 4. The van der Waals surface area contributed by atoms with Gasteiger partial charge < -0.3 is 19.7 Å². The van der Waals surface area contributed by atoms with Crippen molar-refractivity contribution >= 4 is 34.9 Å². The van der Waals surface area contributed by atoms with E-state index >= 15 is 0 Å². The molecule has 1 aliphatic rings. The highest BCUT2D eigenvalue weighted by Gasteiger charge is 2.25. The lowest BCUT2D eigenvalue weighted by molar-refractivity contribution is 0.0517. The van der Waals surface area contributed by atoms with Crippen LogP contribution < -0.4 is 19.9 Å². The first-order valence-corrected chi connectivity index (χ1v) is 12.6. The molecule has 208 valence electrons. The molecule has 0 aliphatic carbocycles. The zero-order valence-corrected chi connectivity index (χ0v) is 22.5. The lowest BCUT2D eigenvalue weighted by atomic mass is 10.2. The number of rotatable bonds is 9. The molecule has 0 radical (unpaired) electrons. The molecule has 0 atom stereocenters. The van der Waals surface area contributed by atoms with E-state index in [1.54, 1.807) is 38.3 Å². The molecule has 4 heterocycles. The van der Waals surface area contributed by atoms with Gasteiger partial charge >= 0.3 is 5.97 Å². The number of carbonyl (C=O) groups excluding carboxylic acids is 2. The number of pyridine rings is 1. The first-order valence-electron chi connectivity index (χ1n) is 12.6. The number of halogens is 1. The number of imidazole rings is 1. The number of hydrogen-bond donors (Lipinski definition) is 1. The summed E-state index contributed by atoms with van der Waals surface area (Å²) in [5, 5.41) is 7.56. The molecule has 5 rings (SSSR count). The molecule has 0 unspecified atom stereocenters. The second-order valence-electron chi connectivity index (χ2n) is 8.92. The molecule has 1 aromatic carbocycles. The van der Waals surface area contributed by atoms with Crippen molar-refractivity contribution in [3.8, 4) is 5.75 Å². The summed E-state index contributed by atoms with van der Waals surface area (Å²) >= 11 is 0. The maximum atomic E-state index is 14.8. The molecule has 0 bridgehead atoms. The fourth-order valence-electron chi connectivity index (χ4n) is 4.30. The van der Waals surface area contributed by atoms with Crippen molar-refractivity contribution in [2.45, 2.75) is 13.5 Å². The van der Waals surface area contributed by atoms with Gasteiger partial charge in [-0.1, -0.05) is 18.2 Å². The van der Waals surface area contributed by atoms with Crippen molar-refractivity contribution in [3.05, 3.63) is 102 Å². The number of nitrogens with one attached hydrogen (secondary N) is 1. The first kappa shape index (κ1) is 27.1. The molecule has 1 N–H and O–H groups in total. The van der Waals surface area contributed by atoms with Crippen LogP contribution in [0.15, 0.2) is 90.4 Å². The number of carbonyl (C=O) groups is 1. The summed E-state index contributed by atoms with van der Waals surface area (Å²) < 4.78 is 26.6. The van der Waals surface area contributed by atoms with E-state index in [2.05, 4.69) is 20.4 Å². The predicted octanol–water partition coefficient (Wildman–Crippen LogP) is 4.29. The fraction of sp³-hybridized carbons (Fsp3) is 0.172. The SMILES string of the molecule is CCOC(=O)c1cnc2c(N(C)Cc3ccc(OC)cc3)cc(NC3=CC(F)=CN(c4ccccn4)C3=C=O)nn12. The molecule has 12 heteroatoms. The highest BCUT2D eigenvalue weighted by atomic mass is 19.1. The van der Waals surface area contributed by atoms with Crippen LogP contribution in [-0.2, 0) is 16.1 Å². The molecule has 41 heavy (non-hydrogen) atoms. The summed E-state index contributed by atoms with van der Waals surface area (Å²) in [6.07, 6.45) is 5.22. The quantitative estimate of drug-likeness (QED) is 0.237. The van der Waals surface area contributed by atoms with Gasteiger partial charge in [-0.2, -0.15) is 0 Å². The Morgan fingerprint density at radius 3 is 2.66 bits per heavy atom. The van der Waals surface area contributed by atoms with Crippen molar-refractivity contribution in [1.29, 1.82) is 0 Å². The van der Waals surface area contributed by atoms with Crippen molar-refractivity contribution in [2.24, 2.45) is 0 Å². The van der Waals surface area contributed by atoms with Crippen molar-refractivity contribution < 1.29 is 23.5 Å². The molecule has 4 aromatic rings. The molecule has 3 aromatic heterocycles. The number of methoxy groups -OCH3 is 1. The summed E-state index contributed by atoms with van der Waals surface area (Å²) in [7, 11) is 3.47. The first-order chi connectivity index (χ1) is 19.9. The van der Waals surface area contributed by atoms with Gasteiger partial charge in [-0.3, -0.25) is 4.90 Å². The highest BCUT2D eigenvalue weighted by molar-refractivity contribution is 5.89. The number of nitrogens with zero attached hydrogens (tertiary/aromatic N) is 6. The Morgan fingerprint density at radius 1 is 1.17 bits per heavy atom. The van der Waals surface area contributed by atoms with E-state index in [0.29, 0.717) is 23.7 Å². The Bertz CT molecular complexity index is 1690. The number of ether oxygens (including phenoxy) is 2. The zero-order valence-electron chi connectivity index (χ0n) is 22.5. The highest BCUT2D eigenvalue weighted by Crippen LogP contribution is 2.31. The van der Waals surface area contributed by atoms with Crippen LogP contribution in [0, 0.1) is 0 Å². The molecular weight excluding hydrogens is 529 g/mol. The molecular formula is C29H26FN7O4. The van der Waals surface area contributed by atoms with Gasteiger partial charge in [0, 0.05) is 38.1 Å². The number of allylic oxidation sites excluding steroid dienone is 2. The normalized spacial score (nSPS) is 12.9. The molecule has 0 spiro atoms. The summed E-state index contributed by atoms with van der Waals surface area (Å²) in [5.41, 5.74) is 2.21. The Balaban J connectivity index is 1.55. The van der Waals surface area contributed by atoms with Gasteiger partial charge in [0.05, 0.1) is 31.3 Å². The maximum Gasteiger partial charge on any atom is 0.358 e. The van der Waals surface area contributed by atoms with Crippen LogP contribution in [0.2, 0.25) is 0 Å². The Hall–Kier alpha value is -5.48. The van der Waals surface area contributed by atoms with E-state index in [1.807, 2.05) is 42.2 Å². The van der Waals surface area contributed by atoms with Crippen LogP contribution in [0.1, 0.15) is 23.0 Å².